The van der Waals surface area contributed by atoms with Crippen molar-refractivity contribution < 1.29 is 4.79 Å². The lowest BCUT2D eigenvalue weighted by Gasteiger charge is -2.47. The Balaban J connectivity index is 2.10. The topological polar surface area (TPSA) is 41.1 Å². The van der Waals surface area contributed by atoms with Crippen LogP contribution < -0.4 is 10.6 Å². The van der Waals surface area contributed by atoms with Gasteiger partial charge >= 0.3 is 0 Å². The Morgan fingerprint density at radius 3 is 2.47 bits per heavy atom. The molecular weight excluding hydrogens is 212 g/mol. The maximum atomic E-state index is 12.3. The molecule has 3 heteroatoms. The van der Waals surface area contributed by atoms with Gasteiger partial charge in [-0.3, -0.25) is 10.1 Å². The van der Waals surface area contributed by atoms with Crippen molar-refractivity contribution in [2.75, 3.05) is 0 Å². The summed E-state index contributed by atoms with van der Waals surface area (Å²) in [5.74, 6) is 0.261. The molecule has 1 amide bonds. The first-order valence-electron chi connectivity index (χ1n) is 7.30. The van der Waals surface area contributed by atoms with Crippen LogP contribution in [-0.2, 0) is 4.79 Å². The van der Waals surface area contributed by atoms with Crippen molar-refractivity contribution in [1.29, 1.82) is 0 Å². The van der Waals surface area contributed by atoms with E-state index in [1.807, 2.05) is 0 Å². The zero-order valence-electron chi connectivity index (χ0n) is 11.2. The zero-order chi connectivity index (χ0) is 12.3. The molecule has 0 aromatic carbocycles. The molecule has 1 aliphatic carbocycles. The molecule has 2 N–H and O–H groups in total. The summed E-state index contributed by atoms with van der Waals surface area (Å²) < 4.78 is 0. The quantitative estimate of drug-likeness (QED) is 0.792. The highest BCUT2D eigenvalue weighted by molar-refractivity contribution is 5.87. The Morgan fingerprint density at radius 1 is 1.18 bits per heavy atom. The van der Waals surface area contributed by atoms with Gasteiger partial charge in [-0.25, -0.2) is 0 Å². The minimum Gasteiger partial charge on any atom is -0.350 e. The molecule has 0 bridgehead atoms. The molecule has 2 fully saturated rings. The van der Waals surface area contributed by atoms with Gasteiger partial charge in [-0.1, -0.05) is 39.5 Å². The first-order chi connectivity index (χ1) is 8.22. The summed E-state index contributed by atoms with van der Waals surface area (Å²) in [4.78, 5) is 12.3. The van der Waals surface area contributed by atoms with Crippen LogP contribution in [0.1, 0.15) is 65.2 Å². The monoisotopic (exact) mass is 238 g/mol. The molecule has 1 saturated carbocycles. The number of rotatable bonds is 3. The minimum absolute atomic E-state index is 0.232. The van der Waals surface area contributed by atoms with Gasteiger partial charge < -0.3 is 5.32 Å². The van der Waals surface area contributed by atoms with Gasteiger partial charge in [0.05, 0.1) is 5.54 Å². The second-order valence-electron chi connectivity index (χ2n) is 5.67. The number of nitrogens with one attached hydrogen (secondary N) is 2. The van der Waals surface area contributed by atoms with Crippen LogP contribution in [0, 0.1) is 0 Å². The summed E-state index contributed by atoms with van der Waals surface area (Å²) in [5.41, 5.74) is -0.232. The van der Waals surface area contributed by atoms with Crippen molar-refractivity contribution in [3.63, 3.8) is 0 Å². The van der Waals surface area contributed by atoms with E-state index in [0.29, 0.717) is 12.1 Å². The molecule has 1 heterocycles. The maximum absolute atomic E-state index is 12.3. The first kappa shape index (κ1) is 12.9. The minimum atomic E-state index is -0.232. The van der Waals surface area contributed by atoms with Crippen LogP contribution in [0.5, 0.6) is 0 Å². The third kappa shape index (κ3) is 2.49. The lowest BCUT2D eigenvalue weighted by atomic mass is 9.77. The van der Waals surface area contributed by atoms with E-state index in [2.05, 4.69) is 24.5 Å². The first-order valence-corrected chi connectivity index (χ1v) is 7.30. The Hall–Kier alpha value is -0.570. The Bertz CT molecular complexity index is 271. The Morgan fingerprint density at radius 2 is 1.88 bits per heavy atom. The summed E-state index contributed by atoms with van der Waals surface area (Å²) in [6, 6.07) is 0.802. The standard InChI is InChI=1S/C14H26N2O/c1-3-8-12-11(4-2)15-13(17)14(16-12)9-6-5-7-10-14/h11-12,16H,3-10H2,1-2H3,(H,15,17). The molecule has 1 spiro atoms. The summed E-state index contributed by atoms with van der Waals surface area (Å²) in [5, 5.41) is 6.97. The van der Waals surface area contributed by atoms with E-state index in [9.17, 15) is 4.79 Å². The second-order valence-corrected chi connectivity index (χ2v) is 5.67. The number of hydrogen-bond donors (Lipinski definition) is 2. The summed E-state index contributed by atoms with van der Waals surface area (Å²) in [7, 11) is 0. The van der Waals surface area contributed by atoms with Gasteiger partial charge in [0.25, 0.3) is 0 Å². The fourth-order valence-corrected chi connectivity index (χ4v) is 3.43. The van der Waals surface area contributed by atoms with E-state index >= 15 is 0 Å². The van der Waals surface area contributed by atoms with Gasteiger partial charge in [0.2, 0.25) is 5.91 Å². The van der Waals surface area contributed by atoms with Crippen molar-refractivity contribution in [1.82, 2.24) is 10.6 Å². The van der Waals surface area contributed by atoms with Gasteiger partial charge in [-0.2, -0.15) is 0 Å². The lowest BCUT2D eigenvalue weighted by Crippen LogP contribution is -2.71. The van der Waals surface area contributed by atoms with E-state index in [4.69, 9.17) is 0 Å². The molecule has 1 aliphatic heterocycles. The molecule has 17 heavy (non-hydrogen) atoms. The highest BCUT2D eigenvalue weighted by atomic mass is 16.2. The van der Waals surface area contributed by atoms with Gasteiger partial charge in [0, 0.05) is 12.1 Å². The van der Waals surface area contributed by atoms with E-state index in [1.165, 1.54) is 32.1 Å². The number of amides is 1. The van der Waals surface area contributed by atoms with Gasteiger partial charge in [0.1, 0.15) is 0 Å². The predicted octanol–water partition coefficient (Wildman–Crippen LogP) is 2.36. The second kappa shape index (κ2) is 5.38. The molecule has 3 nitrogen and oxygen atoms in total. The molecule has 0 aromatic rings. The van der Waals surface area contributed by atoms with Gasteiger partial charge in [-0.15, -0.1) is 0 Å². The number of carbonyl (C=O) groups is 1. The van der Waals surface area contributed by atoms with Crippen LogP contribution in [0.3, 0.4) is 0 Å². The van der Waals surface area contributed by atoms with Crippen molar-refractivity contribution in [3.8, 4) is 0 Å². The summed E-state index contributed by atoms with van der Waals surface area (Å²) in [6.07, 6.45) is 9.09. The maximum Gasteiger partial charge on any atom is 0.240 e. The van der Waals surface area contributed by atoms with Crippen molar-refractivity contribution in [3.05, 3.63) is 0 Å². The number of carbonyl (C=O) groups excluding carboxylic acids is 1. The third-order valence-corrected chi connectivity index (χ3v) is 4.45. The predicted molar refractivity (Wildman–Crippen MR) is 69.9 cm³/mol. The smallest absolute Gasteiger partial charge is 0.240 e. The molecule has 2 unspecified atom stereocenters. The van der Waals surface area contributed by atoms with Crippen LogP contribution in [0.2, 0.25) is 0 Å². The van der Waals surface area contributed by atoms with Crippen molar-refractivity contribution in [2.45, 2.75) is 82.8 Å². The summed E-state index contributed by atoms with van der Waals surface area (Å²) >= 11 is 0. The Labute approximate surface area is 105 Å². The van der Waals surface area contributed by atoms with Gasteiger partial charge in [0.15, 0.2) is 0 Å². The molecule has 1 saturated heterocycles. The van der Waals surface area contributed by atoms with Crippen molar-refractivity contribution >= 4 is 5.91 Å². The average molecular weight is 238 g/mol. The highest BCUT2D eigenvalue weighted by Gasteiger charge is 2.46. The molecular formula is C14H26N2O. The van der Waals surface area contributed by atoms with Crippen LogP contribution >= 0.6 is 0 Å². The third-order valence-electron chi connectivity index (χ3n) is 4.45. The van der Waals surface area contributed by atoms with E-state index < -0.39 is 0 Å². The number of hydrogen-bond acceptors (Lipinski definition) is 2. The lowest BCUT2D eigenvalue weighted by molar-refractivity contribution is -0.133. The van der Waals surface area contributed by atoms with E-state index in [-0.39, 0.29) is 11.4 Å². The molecule has 2 aliphatic rings. The van der Waals surface area contributed by atoms with E-state index in [1.54, 1.807) is 0 Å². The normalized spacial score (nSPS) is 32.5. The largest absolute Gasteiger partial charge is 0.350 e. The van der Waals surface area contributed by atoms with Crippen LogP contribution in [0.25, 0.3) is 0 Å². The fourth-order valence-electron chi connectivity index (χ4n) is 3.43. The fraction of sp³-hybridized carbons (Fsp3) is 0.929. The SMILES string of the molecule is CCCC1NC2(CCCCC2)C(=O)NC1CC. The number of piperazine rings is 1. The van der Waals surface area contributed by atoms with Crippen LogP contribution in [0.4, 0.5) is 0 Å². The van der Waals surface area contributed by atoms with E-state index in [0.717, 1.165) is 19.3 Å². The van der Waals surface area contributed by atoms with Crippen molar-refractivity contribution in [2.24, 2.45) is 0 Å². The van der Waals surface area contributed by atoms with Gasteiger partial charge in [-0.05, 0) is 25.7 Å². The van der Waals surface area contributed by atoms with Crippen LogP contribution in [-0.4, -0.2) is 23.5 Å². The molecule has 0 aromatic heterocycles. The Kier molecular flexibility index (Phi) is 4.08. The molecule has 2 rings (SSSR count). The molecule has 2 atom stereocenters. The summed E-state index contributed by atoms with van der Waals surface area (Å²) in [6.45, 7) is 4.38. The van der Waals surface area contributed by atoms with Crippen LogP contribution in [0.15, 0.2) is 0 Å². The zero-order valence-corrected chi connectivity index (χ0v) is 11.2. The average Bonchev–Trinajstić information content (AvgIpc) is 2.35. The molecule has 0 radical (unpaired) electrons. The molecule has 98 valence electrons. The highest BCUT2D eigenvalue weighted by Crippen LogP contribution is 2.32.